The Morgan fingerprint density at radius 3 is 1.50 bits per heavy atom. The Hall–Kier alpha value is -1.44. The first-order valence-corrected chi connectivity index (χ1v) is 18.3. The van der Waals surface area contributed by atoms with E-state index in [1.54, 1.807) is 0 Å². The van der Waals surface area contributed by atoms with E-state index in [1.165, 1.54) is 70.6 Å². The van der Waals surface area contributed by atoms with Crippen molar-refractivity contribution in [2.75, 3.05) is 13.2 Å². The summed E-state index contributed by atoms with van der Waals surface area (Å²) >= 11 is 0. The van der Waals surface area contributed by atoms with Crippen molar-refractivity contribution in [1.29, 1.82) is 0 Å². The van der Waals surface area contributed by atoms with Gasteiger partial charge in [-0.1, -0.05) is 136 Å². The minimum Gasteiger partial charge on any atom is -0.463 e. The van der Waals surface area contributed by atoms with Gasteiger partial charge in [0.05, 0.1) is 12.2 Å². The van der Waals surface area contributed by atoms with Crippen LogP contribution in [-0.4, -0.2) is 58.8 Å². The molecule has 0 fully saturated rings. The summed E-state index contributed by atoms with van der Waals surface area (Å²) < 4.78 is 10.2. The minimum atomic E-state index is -1.01. The molecule has 0 unspecified atom stereocenters. The first-order valence-electron chi connectivity index (χ1n) is 18.3. The summed E-state index contributed by atoms with van der Waals surface area (Å²) in [5.41, 5.74) is 0. The van der Waals surface area contributed by atoms with E-state index in [0.29, 0.717) is 25.7 Å². The van der Waals surface area contributed by atoms with Gasteiger partial charge in [0, 0.05) is 12.8 Å². The number of carbonyl (C=O) groups is 2. The lowest BCUT2D eigenvalue weighted by molar-refractivity contribution is -0.152. The van der Waals surface area contributed by atoms with Gasteiger partial charge in [-0.15, -0.1) is 0 Å². The van der Waals surface area contributed by atoms with E-state index in [2.05, 4.69) is 26.8 Å². The van der Waals surface area contributed by atoms with Gasteiger partial charge < -0.3 is 24.8 Å². The third-order valence-corrected chi connectivity index (χ3v) is 8.13. The predicted molar refractivity (Wildman–Crippen MR) is 180 cm³/mol. The quantitative estimate of drug-likeness (QED) is 0.0389. The van der Waals surface area contributed by atoms with Crippen LogP contribution in [-0.2, 0) is 19.1 Å². The average Bonchev–Trinajstić information content (AvgIpc) is 3.00. The Labute approximate surface area is 270 Å². The Bertz CT molecular complexity index is 679. The third-order valence-electron chi connectivity index (χ3n) is 8.13. The molecule has 0 aliphatic carbocycles. The minimum absolute atomic E-state index is 0.154. The van der Waals surface area contributed by atoms with Gasteiger partial charge in [-0.25, -0.2) is 0 Å². The molecule has 3 atom stereocenters. The van der Waals surface area contributed by atoms with Crippen molar-refractivity contribution in [1.82, 2.24) is 0 Å². The Morgan fingerprint density at radius 2 is 1.02 bits per heavy atom. The molecule has 0 saturated carbocycles. The normalized spacial score (nSPS) is 13.8. The standard InChI is InChI=1S/C37H70O7/c1-4-5-6-7-16-21-26-34(39)35(40)27-22-17-14-19-24-29-37(42)44-31-33(38)30-43-36(41)28-23-18-13-11-9-8-10-12-15-20-25-32(2)3/h16,21,32-35,38-40H,4-15,17-20,22-31H2,1-3H3/b21-16-/t33-,34+,35+/m0/s1. The van der Waals surface area contributed by atoms with Crippen LogP contribution in [0.4, 0.5) is 0 Å². The highest BCUT2D eigenvalue weighted by atomic mass is 16.6. The van der Waals surface area contributed by atoms with Gasteiger partial charge in [0.1, 0.15) is 19.3 Å². The summed E-state index contributed by atoms with van der Waals surface area (Å²) in [5, 5.41) is 30.2. The molecule has 0 aliphatic heterocycles. The predicted octanol–water partition coefficient (Wildman–Crippen LogP) is 8.75. The molecule has 0 rings (SSSR count). The van der Waals surface area contributed by atoms with Crippen molar-refractivity contribution in [2.45, 2.75) is 193 Å². The monoisotopic (exact) mass is 627 g/mol. The van der Waals surface area contributed by atoms with Gasteiger partial charge >= 0.3 is 11.9 Å². The van der Waals surface area contributed by atoms with Crippen molar-refractivity contribution >= 4 is 11.9 Å². The molecular formula is C37H70O7. The molecule has 0 heterocycles. The van der Waals surface area contributed by atoms with Gasteiger partial charge in [0.25, 0.3) is 0 Å². The number of aliphatic hydroxyl groups excluding tert-OH is 3. The smallest absolute Gasteiger partial charge is 0.305 e. The maximum atomic E-state index is 11.9. The van der Waals surface area contributed by atoms with Crippen molar-refractivity contribution in [3.05, 3.63) is 12.2 Å². The van der Waals surface area contributed by atoms with Crippen LogP contribution in [0.2, 0.25) is 0 Å². The molecule has 0 amide bonds. The highest BCUT2D eigenvalue weighted by Gasteiger charge is 2.14. The highest BCUT2D eigenvalue weighted by molar-refractivity contribution is 5.69. The summed E-state index contributed by atoms with van der Waals surface area (Å²) in [6.45, 7) is 6.43. The number of unbranched alkanes of at least 4 members (excludes halogenated alkanes) is 16. The molecule has 0 saturated heterocycles. The molecule has 0 radical (unpaired) electrons. The van der Waals surface area contributed by atoms with Gasteiger partial charge in [-0.2, -0.15) is 0 Å². The molecule has 0 aliphatic rings. The van der Waals surface area contributed by atoms with Crippen molar-refractivity contribution in [3.8, 4) is 0 Å². The number of esters is 2. The summed E-state index contributed by atoms with van der Waals surface area (Å²) in [6.07, 6.45) is 25.8. The summed E-state index contributed by atoms with van der Waals surface area (Å²) in [5.74, 6) is 0.148. The number of rotatable bonds is 32. The molecule has 7 heteroatoms. The zero-order valence-corrected chi connectivity index (χ0v) is 28.8. The van der Waals surface area contributed by atoms with E-state index < -0.39 is 18.3 Å². The van der Waals surface area contributed by atoms with E-state index in [9.17, 15) is 24.9 Å². The van der Waals surface area contributed by atoms with Crippen LogP contribution in [0.15, 0.2) is 12.2 Å². The van der Waals surface area contributed by atoms with Gasteiger partial charge in [-0.05, 0) is 44.4 Å². The number of aliphatic hydroxyl groups is 3. The second-order valence-corrected chi connectivity index (χ2v) is 13.1. The van der Waals surface area contributed by atoms with Gasteiger partial charge in [-0.3, -0.25) is 9.59 Å². The number of hydrogen-bond acceptors (Lipinski definition) is 7. The van der Waals surface area contributed by atoms with E-state index in [0.717, 1.165) is 57.3 Å². The first kappa shape index (κ1) is 42.6. The second-order valence-electron chi connectivity index (χ2n) is 13.1. The third kappa shape index (κ3) is 30.6. The van der Waals surface area contributed by atoms with Crippen LogP contribution in [0.25, 0.3) is 0 Å². The Morgan fingerprint density at radius 1 is 0.568 bits per heavy atom. The molecule has 0 aromatic carbocycles. The maximum Gasteiger partial charge on any atom is 0.305 e. The molecule has 7 nitrogen and oxygen atoms in total. The summed E-state index contributed by atoms with van der Waals surface area (Å²) in [7, 11) is 0. The molecule has 44 heavy (non-hydrogen) atoms. The topological polar surface area (TPSA) is 113 Å². The number of ether oxygens (including phenoxy) is 2. The lowest BCUT2D eigenvalue weighted by Crippen LogP contribution is -2.25. The largest absolute Gasteiger partial charge is 0.463 e. The van der Waals surface area contributed by atoms with Gasteiger partial charge in [0.15, 0.2) is 0 Å². The SMILES string of the molecule is CCCCC/C=C\C[C@@H](O)[C@H](O)CCCCCCCC(=O)OC[C@@H](O)COC(=O)CCCCCCCCCCCCC(C)C. The van der Waals surface area contributed by atoms with E-state index >= 15 is 0 Å². The van der Waals surface area contributed by atoms with E-state index in [-0.39, 0.29) is 31.6 Å². The summed E-state index contributed by atoms with van der Waals surface area (Å²) in [6, 6.07) is 0. The summed E-state index contributed by atoms with van der Waals surface area (Å²) in [4.78, 5) is 23.9. The fourth-order valence-corrected chi connectivity index (χ4v) is 5.18. The fraction of sp³-hybridized carbons (Fsp3) is 0.892. The molecular weight excluding hydrogens is 556 g/mol. The van der Waals surface area contributed by atoms with Crippen LogP contribution in [0, 0.1) is 5.92 Å². The second kappa shape index (κ2) is 31.5. The fourth-order valence-electron chi connectivity index (χ4n) is 5.18. The van der Waals surface area contributed by atoms with Crippen molar-refractivity contribution in [3.63, 3.8) is 0 Å². The first-order chi connectivity index (χ1) is 21.3. The van der Waals surface area contributed by atoms with E-state index in [4.69, 9.17) is 9.47 Å². The zero-order chi connectivity index (χ0) is 32.7. The number of allylic oxidation sites excluding steroid dienone is 1. The molecule has 260 valence electrons. The molecule has 0 bridgehead atoms. The van der Waals surface area contributed by atoms with Crippen LogP contribution in [0.3, 0.4) is 0 Å². The van der Waals surface area contributed by atoms with E-state index in [1.807, 2.05) is 6.08 Å². The Balaban J connectivity index is 3.57. The lowest BCUT2D eigenvalue weighted by atomic mass is 10.0. The lowest BCUT2D eigenvalue weighted by Gasteiger charge is -2.16. The molecule has 0 aromatic rings. The maximum absolute atomic E-state index is 11.9. The van der Waals surface area contributed by atoms with Crippen LogP contribution in [0.5, 0.6) is 0 Å². The van der Waals surface area contributed by atoms with Crippen LogP contribution < -0.4 is 0 Å². The van der Waals surface area contributed by atoms with Crippen molar-refractivity contribution in [2.24, 2.45) is 5.92 Å². The Kier molecular flexibility index (Phi) is 30.5. The van der Waals surface area contributed by atoms with Crippen molar-refractivity contribution < 1.29 is 34.4 Å². The number of carbonyl (C=O) groups excluding carboxylic acids is 2. The average molecular weight is 627 g/mol. The molecule has 3 N–H and O–H groups in total. The number of hydrogen-bond donors (Lipinski definition) is 3. The molecule has 0 aromatic heterocycles. The van der Waals surface area contributed by atoms with Crippen LogP contribution >= 0.6 is 0 Å². The zero-order valence-electron chi connectivity index (χ0n) is 28.8. The van der Waals surface area contributed by atoms with Crippen LogP contribution in [0.1, 0.15) is 175 Å². The molecule has 0 spiro atoms. The van der Waals surface area contributed by atoms with Gasteiger partial charge in [0.2, 0.25) is 0 Å². The highest BCUT2D eigenvalue weighted by Crippen LogP contribution is 2.15.